The predicted octanol–water partition coefficient (Wildman–Crippen LogP) is 5.55. The number of nitrogens with one attached hydrogen (secondary N) is 2. The first kappa shape index (κ1) is 25.8. The van der Waals surface area contributed by atoms with Crippen molar-refractivity contribution in [1.82, 2.24) is 10.9 Å². The molecule has 3 unspecified atom stereocenters. The van der Waals surface area contributed by atoms with Gasteiger partial charge in [-0.05, 0) is 5.56 Å². The third-order valence-corrected chi connectivity index (χ3v) is 5.04. The maximum absolute atomic E-state index is 14.3. The fraction of sp³-hybridized carbons (Fsp3) is 0.600. The zero-order valence-electron chi connectivity index (χ0n) is 14.4. The molecule has 31 heavy (non-hydrogen) atoms. The standard InChI is InChI=1S/C15H10ClF13N2/c16-7-8(6-4-2-1-3-5-6)30-31-9(7)10(17,18)11(19,20)12(21,22)13(23,24)14(25,26)15(27,28)29/h1-5,7-9,30-31H. The van der Waals surface area contributed by atoms with E-state index in [0.29, 0.717) is 0 Å². The summed E-state index contributed by atoms with van der Waals surface area (Å²) in [5.74, 6) is -37.3. The van der Waals surface area contributed by atoms with Crippen LogP contribution in [0.2, 0.25) is 0 Å². The summed E-state index contributed by atoms with van der Waals surface area (Å²) in [6, 6.07) is 1.85. The third kappa shape index (κ3) is 3.61. The van der Waals surface area contributed by atoms with Crippen molar-refractivity contribution in [2.75, 3.05) is 0 Å². The van der Waals surface area contributed by atoms with Gasteiger partial charge in [-0.2, -0.15) is 57.1 Å². The molecule has 0 spiro atoms. The quantitative estimate of drug-likeness (QED) is 0.395. The van der Waals surface area contributed by atoms with Gasteiger partial charge >= 0.3 is 35.8 Å². The van der Waals surface area contributed by atoms with Gasteiger partial charge in [0.1, 0.15) is 6.04 Å². The van der Waals surface area contributed by atoms with E-state index in [4.69, 9.17) is 11.6 Å². The van der Waals surface area contributed by atoms with Crippen molar-refractivity contribution < 1.29 is 57.1 Å². The molecule has 0 aliphatic carbocycles. The van der Waals surface area contributed by atoms with E-state index in [9.17, 15) is 57.1 Å². The zero-order chi connectivity index (χ0) is 24.3. The number of hydrogen-bond donors (Lipinski definition) is 2. The van der Waals surface area contributed by atoms with Crippen molar-refractivity contribution in [3.8, 4) is 0 Å². The van der Waals surface area contributed by atoms with Crippen LogP contribution in [0, 0.1) is 0 Å². The number of hydrogen-bond acceptors (Lipinski definition) is 2. The van der Waals surface area contributed by atoms with Crippen LogP contribution < -0.4 is 10.9 Å². The largest absolute Gasteiger partial charge is 0.460 e. The van der Waals surface area contributed by atoms with Gasteiger partial charge < -0.3 is 0 Å². The third-order valence-electron chi connectivity index (χ3n) is 4.54. The second-order valence-electron chi connectivity index (χ2n) is 6.52. The van der Waals surface area contributed by atoms with Crippen LogP contribution in [0.3, 0.4) is 0 Å². The minimum Gasteiger partial charge on any atom is -0.248 e. The molecule has 0 aromatic heterocycles. The first-order valence-corrected chi connectivity index (χ1v) is 8.34. The first-order chi connectivity index (χ1) is 13.7. The Labute approximate surface area is 169 Å². The van der Waals surface area contributed by atoms with Crippen molar-refractivity contribution in [2.24, 2.45) is 0 Å². The molecule has 1 saturated heterocycles. The second-order valence-corrected chi connectivity index (χ2v) is 7.02. The van der Waals surface area contributed by atoms with Crippen molar-refractivity contribution in [3.05, 3.63) is 35.9 Å². The lowest BCUT2D eigenvalue weighted by Gasteiger charge is -2.41. The molecule has 178 valence electrons. The highest BCUT2D eigenvalue weighted by Gasteiger charge is 2.91. The van der Waals surface area contributed by atoms with Gasteiger partial charge in [-0.1, -0.05) is 30.3 Å². The van der Waals surface area contributed by atoms with Gasteiger partial charge in [0.05, 0.1) is 11.4 Å². The first-order valence-electron chi connectivity index (χ1n) is 7.91. The van der Waals surface area contributed by atoms with Gasteiger partial charge in [0.15, 0.2) is 0 Å². The van der Waals surface area contributed by atoms with E-state index in [0.717, 1.165) is 0 Å². The predicted molar refractivity (Wildman–Crippen MR) is 79.7 cm³/mol. The molecule has 1 heterocycles. The molecule has 1 aliphatic heterocycles. The highest BCUT2D eigenvalue weighted by molar-refractivity contribution is 6.22. The smallest absolute Gasteiger partial charge is 0.248 e. The Hall–Kier alpha value is -1.48. The van der Waals surface area contributed by atoms with Crippen LogP contribution >= 0.6 is 11.6 Å². The molecule has 3 atom stereocenters. The molecular formula is C15H10ClF13N2. The molecule has 1 fully saturated rings. The molecule has 2 rings (SSSR count). The number of hydrazine groups is 1. The summed E-state index contributed by atoms with van der Waals surface area (Å²) in [5.41, 5.74) is 3.39. The van der Waals surface area contributed by atoms with E-state index in [1.807, 2.05) is 5.43 Å². The summed E-state index contributed by atoms with van der Waals surface area (Å²) in [6.45, 7) is 0. The van der Waals surface area contributed by atoms with E-state index >= 15 is 0 Å². The van der Waals surface area contributed by atoms with Crippen molar-refractivity contribution >= 4 is 11.6 Å². The van der Waals surface area contributed by atoms with Gasteiger partial charge in [0.2, 0.25) is 0 Å². The molecule has 1 aliphatic rings. The van der Waals surface area contributed by atoms with E-state index in [1.54, 1.807) is 0 Å². The fourth-order valence-electron chi connectivity index (χ4n) is 2.73. The molecular weight excluding hydrogens is 491 g/mol. The normalized spacial score (nSPS) is 24.5. The van der Waals surface area contributed by atoms with Gasteiger partial charge in [-0.15, -0.1) is 11.6 Å². The highest BCUT2D eigenvalue weighted by atomic mass is 35.5. The van der Waals surface area contributed by atoms with E-state index < -0.39 is 53.2 Å². The van der Waals surface area contributed by atoms with Crippen LogP contribution in [0.5, 0.6) is 0 Å². The number of halogens is 14. The zero-order valence-corrected chi connectivity index (χ0v) is 15.2. The minimum absolute atomic E-state index is 0.0531. The van der Waals surface area contributed by atoms with Crippen LogP contribution in [0.25, 0.3) is 0 Å². The highest BCUT2D eigenvalue weighted by Crippen LogP contribution is 2.61. The fourth-order valence-corrected chi connectivity index (χ4v) is 3.16. The summed E-state index contributed by atoms with van der Waals surface area (Å²) < 4.78 is 172. The van der Waals surface area contributed by atoms with E-state index in [1.165, 1.54) is 35.8 Å². The van der Waals surface area contributed by atoms with Crippen molar-refractivity contribution in [3.63, 3.8) is 0 Å². The molecule has 1 aromatic rings. The van der Waals surface area contributed by atoms with Gasteiger partial charge in [-0.25, -0.2) is 10.9 Å². The summed E-state index contributed by atoms with van der Waals surface area (Å²) >= 11 is 5.60. The lowest BCUT2D eigenvalue weighted by atomic mass is 9.88. The van der Waals surface area contributed by atoms with E-state index in [-0.39, 0.29) is 5.56 Å². The molecule has 1 aromatic carbocycles. The summed E-state index contributed by atoms with van der Waals surface area (Å²) in [5, 5.41) is -2.25. The molecule has 0 bridgehead atoms. The summed E-state index contributed by atoms with van der Waals surface area (Å²) in [4.78, 5) is 0. The summed E-state index contributed by atoms with van der Waals surface area (Å²) in [6.07, 6.45) is -7.45. The Morgan fingerprint density at radius 2 is 1.06 bits per heavy atom. The molecule has 0 amide bonds. The van der Waals surface area contributed by atoms with Gasteiger partial charge in [-0.3, -0.25) is 0 Å². The Morgan fingerprint density at radius 1 is 0.613 bits per heavy atom. The average molecular weight is 501 g/mol. The lowest BCUT2D eigenvalue weighted by molar-refractivity contribution is -0.441. The van der Waals surface area contributed by atoms with Crippen LogP contribution in [-0.2, 0) is 0 Å². The second kappa shape index (κ2) is 7.54. The van der Waals surface area contributed by atoms with Crippen LogP contribution in [0.1, 0.15) is 11.6 Å². The SMILES string of the molecule is FC(F)(F)C(F)(F)C(F)(F)C(F)(F)C(F)(F)C(F)(F)C1NNC(c2ccccc2)C1Cl. The molecule has 0 saturated carbocycles. The Kier molecular flexibility index (Phi) is 6.27. The van der Waals surface area contributed by atoms with Crippen LogP contribution in [0.15, 0.2) is 30.3 Å². The average Bonchev–Trinajstić information content (AvgIpc) is 3.03. The molecule has 0 radical (unpaired) electrons. The molecule has 2 N–H and O–H groups in total. The van der Waals surface area contributed by atoms with E-state index in [2.05, 4.69) is 0 Å². The van der Waals surface area contributed by atoms with Gasteiger partial charge in [0.25, 0.3) is 0 Å². The van der Waals surface area contributed by atoms with Crippen LogP contribution in [0.4, 0.5) is 57.1 Å². The maximum Gasteiger partial charge on any atom is 0.460 e. The molecule has 16 heteroatoms. The maximum atomic E-state index is 14.3. The van der Waals surface area contributed by atoms with Gasteiger partial charge in [0, 0.05) is 0 Å². The number of benzene rings is 1. The van der Waals surface area contributed by atoms with Crippen molar-refractivity contribution in [1.29, 1.82) is 0 Å². The van der Waals surface area contributed by atoms with Crippen LogP contribution in [-0.4, -0.2) is 47.2 Å². The lowest BCUT2D eigenvalue weighted by Crippen LogP contribution is -2.73. The number of alkyl halides is 14. The Balaban J connectivity index is 2.45. The topological polar surface area (TPSA) is 24.1 Å². The number of rotatable bonds is 6. The van der Waals surface area contributed by atoms with Crippen molar-refractivity contribution in [2.45, 2.75) is 53.2 Å². The molecule has 2 nitrogen and oxygen atoms in total. The minimum atomic E-state index is -7.95. The Bertz CT molecular complexity index is 781. The summed E-state index contributed by atoms with van der Waals surface area (Å²) in [7, 11) is 0. The Morgan fingerprint density at radius 3 is 1.52 bits per heavy atom. The monoisotopic (exact) mass is 500 g/mol.